The molecule has 0 spiro atoms. The molecule has 2 aromatic carbocycles. The second-order valence-corrected chi connectivity index (χ2v) is 9.26. The molecule has 0 saturated carbocycles. The number of primary amides is 1. The summed E-state index contributed by atoms with van der Waals surface area (Å²) in [6, 6.07) is 16.2. The summed E-state index contributed by atoms with van der Waals surface area (Å²) in [7, 11) is 0. The summed E-state index contributed by atoms with van der Waals surface area (Å²) >= 11 is 1.32. The third kappa shape index (κ3) is 7.84. The van der Waals surface area contributed by atoms with Gasteiger partial charge in [-0.05, 0) is 41.5 Å². The van der Waals surface area contributed by atoms with Crippen LogP contribution in [0.3, 0.4) is 0 Å². The molecular weight excluding hydrogens is 394 g/mol. The van der Waals surface area contributed by atoms with Gasteiger partial charge in [0.25, 0.3) is 0 Å². The molecule has 0 aromatic heterocycles. The molecular formula is C24H33N3O2S. The van der Waals surface area contributed by atoms with Crippen molar-refractivity contribution in [2.75, 3.05) is 17.6 Å². The number of hydrogen-bond donors (Lipinski definition) is 3. The topological polar surface area (TPSA) is 84.2 Å². The van der Waals surface area contributed by atoms with Crippen molar-refractivity contribution < 1.29 is 9.59 Å². The number of thioether (sulfide) groups is 1. The van der Waals surface area contributed by atoms with Crippen LogP contribution in [0.25, 0.3) is 0 Å². The van der Waals surface area contributed by atoms with E-state index in [0.29, 0.717) is 17.5 Å². The van der Waals surface area contributed by atoms with Crippen LogP contribution in [-0.4, -0.2) is 24.1 Å². The molecule has 0 aliphatic carbocycles. The average Bonchev–Trinajstić information content (AvgIpc) is 2.68. The minimum absolute atomic E-state index is 0.0864. The normalized spacial score (nSPS) is 12.2. The van der Waals surface area contributed by atoms with Gasteiger partial charge in [-0.2, -0.15) is 0 Å². The number of nitrogens with two attached hydrogens (primary N) is 1. The highest BCUT2D eigenvalue weighted by Crippen LogP contribution is 2.27. The number of hydrogen-bond acceptors (Lipinski definition) is 4. The van der Waals surface area contributed by atoms with Crippen molar-refractivity contribution in [3.63, 3.8) is 0 Å². The fraction of sp³-hybridized carbons (Fsp3) is 0.417. The lowest BCUT2D eigenvalue weighted by molar-refractivity contribution is -0.116. The predicted octanol–water partition coefficient (Wildman–Crippen LogP) is 4.39. The summed E-state index contributed by atoms with van der Waals surface area (Å²) in [4.78, 5) is 24.4. The first kappa shape index (κ1) is 24.0. The Kier molecular flexibility index (Phi) is 9.40. The quantitative estimate of drug-likeness (QED) is 0.465. The highest BCUT2D eigenvalue weighted by atomic mass is 32.2. The third-order valence-corrected chi connectivity index (χ3v) is 5.76. The summed E-state index contributed by atoms with van der Waals surface area (Å²) < 4.78 is 0. The fourth-order valence-electron chi connectivity index (χ4n) is 3.31. The zero-order chi connectivity index (χ0) is 22.1. The van der Waals surface area contributed by atoms with Crippen LogP contribution in [-0.2, 0) is 16.0 Å². The predicted molar refractivity (Wildman–Crippen MR) is 126 cm³/mol. The SMILES string of the molecule is CC(C)Cc1ccc(C(NCC(=O)Nc2ccccc2SCC(N)=O)C(C)C)cc1. The zero-order valence-electron chi connectivity index (χ0n) is 18.3. The Labute approximate surface area is 184 Å². The third-order valence-electron chi connectivity index (χ3n) is 4.66. The number of anilines is 1. The lowest BCUT2D eigenvalue weighted by atomic mass is 9.94. The zero-order valence-corrected chi connectivity index (χ0v) is 19.1. The van der Waals surface area contributed by atoms with Crippen molar-refractivity contribution in [2.45, 2.75) is 45.1 Å². The van der Waals surface area contributed by atoms with Crippen LogP contribution in [0.4, 0.5) is 5.69 Å². The van der Waals surface area contributed by atoms with Crippen molar-refractivity contribution in [3.8, 4) is 0 Å². The van der Waals surface area contributed by atoms with Crippen LogP contribution in [0, 0.1) is 11.8 Å². The van der Waals surface area contributed by atoms with Gasteiger partial charge in [-0.25, -0.2) is 0 Å². The summed E-state index contributed by atoms with van der Waals surface area (Å²) in [6.07, 6.45) is 1.07. The van der Waals surface area contributed by atoms with E-state index in [4.69, 9.17) is 5.73 Å². The molecule has 0 fully saturated rings. The molecule has 0 aliphatic heterocycles. The smallest absolute Gasteiger partial charge is 0.238 e. The number of carbonyl (C=O) groups is 2. The molecule has 2 aromatic rings. The van der Waals surface area contributed by atoms with E-state index < -0.39 is 0 Å². The second kappa shape index (κ2) is 11.8. The average molecular weight is 428 g/mol. The van der Waals surface area contributed by atoms with E-state index in [1.54, 1.807) is 0 Å². The maximum atomic E-state index is 12.6. The highest BCUT2D eigenvalue weighted by Gasteiger charge is 2.17. The second-order valence-electron chi connectivity index (χ2n) is 8.24. The summed E-state index contributed by atoms with van der Waals surface area (Å²) in [5.74, 6) is 0.633. The van der Waals surface area contributed by atoms with Gasteiger partial charge in [0, 0.05) is 10.9 Å². The number of carbonyl (C=O) groups excluding carboxylic acids is 2. The first-order valence-electron chi connectivity index (χ1n) is 10.4. The number of rotatable bonds is 11. The van der Waals surface area contributed by atoms with E-state index in [1.165, 1.54) is 22.9 Å². The van der Waals surface area contributed by atoms with Gasteiger partial charge in [0.2, 0.25) is 11.8 Å². The van der Waals surface area contributed by atoms with Gasteiger partial charge in [-0.1, -0.05) is 64.1 Å². The van der Waals surface area contributed by atoms with Gasteiger partial charge < -0.3 is 16.4 Å². The molecule has 6 heteroatoms. The molecule has 0 bridgehead atoms. The van der Waals surface area contributed by atoms with Crippen LogP contribution in [0.5, 0.6) is 0 Å². The lowest BCUT2D eigenvalue weighted by Gasteiger charge is -2.23. The Morgan fingerprint density at radius 3 is 2.27 bits per heavy atom. The van der Waals surface area contributed by atoms with Crippen LogP contribution < -0.4 is 16.4 Å². The van der Waals surface area contributed by atoms with Crippen LogP contribution in [0.2, 0.25) is 0 Å². The molecule has 2 amide bonds. The van der Waals surface area contributed by atoms with Gasteiger partial charge in [-0.3, -0.25) is 9.59 Å². The monoisotopic (exact) mass is 427 g/mol. The molecule has 0 aliphatic rings. The lowest BCUT2D eigenvalue weighted by Crippen LogP contribution is -2.33. The van der Waals surface area contributed by atoms with E-state index in [0.717, 1.165) is 11.3 Å². The van der Waals surface area contributed by atoms with Crippen molar-refractivity contribution in [1.82, 2.24) is 5.32 Å². The standard InChI is InChI=1S/C24H33N3O2S/c1-16(2)13-18-9-11-19(12-10-18)24(17(3)4)26-14-23(29)27-20-7-5-6-8-21(20)30-15-22(25)28/h5-12,16-17,24,26H,13-15H2,1-4H3,(H2,25,28)(H,27,29). The summed E-state index contributed by atoms with van der Waals surface area (Å²) in [5, 5.41) is 6.33. The molecule has 2 rings (SSSR count). The molecule has 0 heterocycles. The highest BCUT2D eigenvalue weighted by molar-refractivity contribution is 8.00. The van der Waals surface area contributed by atoms with Gasteiger partial charge in [0.1, 0.15) is 0 Å². The van der Waals surface area contributed by atoms with Crippen molar-refractivity contribution in [1.29, 1.82) is 0 Å². The molecule has 162 valence electrons. The molecule has 1 atom stereocenters. The Hall–Kier alpha value is -2.31. The van der Waals surface area contributed by atoms with Crippen LogP contribution in [0.1, 0.15) is 44.9 Å². The maximum absolute atomic E-state index is 12.6. The number of benzene rings is 2. The van der Waals surface area contributed by atoms with Gasteiger partial charge >= 0.3 is 0 Å². The van der Waals surface area contributed by atoms with Gasteiger partial charge in [0.05, 0.1) is 18.0 Å². The Balaban J connectivity index is 1.98. The van der Waals surface area contributed by atoms with Crippen LogP contribution >= 0.6 is 11.8 Å². The number of para-hydroxylation sites is 1. The van der Waals surface area contributed by atoms with Crippen molar-refractivity contribution in [2.24, 2.45) is 17.6 Å². The molecule has 0 radical (unpaired) electrons. The Morgan fingerprint density at radius 2 is 1.67 bits per heavy atom. The minimum Gasteiger partial charge on any atom is -0.369 e. The molecule has 30 heavy (non-hydrogen) atoms. The Morgan fingerprint density at radius 1 is 1.00 bits per heavy atom. The first-order chi connectivity index (χ1) is 14.3. The minimum atomic E-state index is -0.387. The van der Waals surface area contributed by atoms with Gasteiger partial charge in [-0.15, -0.1) is 11.8 Å². The fourth-order valence-corrected chi connectivity index (χ4v) is 4.06. The van der Waals surface area contributed by atoms with E-state index in [-0.39, 0.29) is 30.2 Å². The molecule has 4 N–H and O–H groups in total. The maximum Gasteiger partial charge on any atom is 0.238 e. The largest absolute Gasteiger partial charge is 0.369 e. The number of amides is 2. The Bertz CT molecular complexity index is 835. The van der Waals surface area contributed by atoms with E-state index >= 15 is 0 Å². The molecule has 0 saturated heterocycles. The van der Waals surface area contributed by atoms with Crippen LogP contribution in [0.15, 0.2) is 53.4 Å². The van der Waals surface area contributed by atoms with Crippen molar-refractivity contribution >= 4 is 29.3 Å². The first-order valence-corrected chi connectivity index (χ1v) is 11.4. The summed E-state index contributed by atoms with van der Waals surface area (Å²) in [6.45, 7) is 8.93. The van der Waals surface area contributed by atoms with E-state index in [1.807, 2.05) is 24.3 Å². The van der Waals surface area contributed by atoms with E-state index in [2.05, 4.69) is 62.6 Å². The van der Waals surface area contributed by atoms with Gasteiger partial charge in [0.15, 0.2) is 0 Å². The molecule has 5 nitrogen and oxygen atoms in total. The number of nitrogens with one attached hydrogen (secondary N) is 2. The molecule has 1 unspecified atom stereocenters. The van der Waals surface area contributed by atoms with Crippen molar-refractivity contribution in [3.05, 3.63) is 59.7 Å². The van der Waals surface area contributed by atoms with E-state index in [9.17, 15) is 9.59 Å². The summed E-state index contributed by atoms with van der Waals surface area (Å²) in [5.41, 5.74) is 8.44.